The van der Waals surface area contributed by atoms with Crippen molar-refractivity contribution in [3.05, 3.63) is 29.3 Å². The van der Waals surface area contributed by atoms with Crippen LogP contribution in [0.25, 0.3) is 0 Å². The lowest BCUT2D eigenvalue weighted by atomic mass is 10.2. The fraction of sp³-hybridized carbons (Fsp3) is 0.182. The number of hydrogen-bond donors (Lipinski definition) is 0. The topological polar surface area (TPSA) is 26.3 Å². The first kappa shape index (κ1) is 11.2. The Kier molecular flexibility index (Phi) is 3.81. The third kappa shape index (κ3) is 2.78. The van der Waals surface area contributed by atoms with Crippen LogP contribution in [0.15, 0.2) is 12.1 Å². The molecule has 0 heterocycles. The summed E-state index contributed by atoms with van der Waals surface area (Å²) in [5.41, 5.74) is 0.174. The lowest BCUT2D eigenvalue weighted by molar-refractivity contribution is -0.107. The van der Waals surface area contributed by atoms with Gasteiger partial charge in [0, 0.05) is 5.56 Å². The highest BCUT2D eigenvalue weighted by molar-refractivity contribution is 5.55. The number of ether oxygens (including phenoxy) is 1. The fourth-order valence-electron chi connectivity index (χ4n) is 1.02. The van der Waals surface area contributed by atoms with E-state index in [2.05, 4.69) is 16.6 Å². The molecule has 0 amide bonds. The van der Waals surface area contributed by atoms with Crippen LogP contribution in [0.4, 0.5) is 8.78 Å². The molecule has 1 aromatic carbocycles. The van der Waals surface area contributed by atoms with Crippen LogP contribution in [0.1, 0.15) is 12.0 Å². The predicted molar refractivity (Wildman–Crippen MR) is 50.5 cm³/mol. The number of rotatable bonds is 2. The fourth-order valence-corrected chi connectivity index (χ4v) is 1.02. The van der Waals surface area contributed by atoms with Gasteiger partial charge >= 0.3 is 0 Å². The highest BCUT2D eigenvalue weighted by atomic mass is 19.1. The number of carbonyl (C=O) groups is 1. The second-order valence-corrected chi connectivity index (χ2v) is 2.65. The van der Waals surface area contributed by atoms with Gasteiger partial charge in [0.25, 0.3) is 0 Å². The van der Waals surface area contributed by atoms with E-state index in [1.165, 1.54) is 7.11 Å². The molecule has 78 valence electrons. The molecule has 0 unspecified atom stereocenters. The molecule has 2 nitrogen and oxygen atoms in total. The third-order valence-corrected chi connectivity index (χ3v) is 1.62. The van der Waals surface area contributed by atoms with Crippen molar-refractivity contribution in [3.63, 3.8) is 0 Å². The Morgan fingerprint density at radius 1 is 1.40 bits per heavy atom. The van der Waals surface area contributed by atoms with Crippen molar-refractivity contribution in [1.29, 1.82) is 0 Å². The average Bonchev–Trinajstić information content (AvgIpc) is 2.18. The molecule has 0 spiro atoms. The maximum Gasteiger partial charge on any atom is 0.190 e. The second kappa shape index (κ2) is 5.11. The number of methoxy groups -OCH3 is 1. The van der Waals surface area contributed by atoms with Crippen molar-refractivity contribution in [3.8, 4) is 17.6 Å². The third-order valence-electron chi connectivity index (χ3n) is 1.62. The van der Waals surface area contributed by atoms with E-state index in [1.807, 2.05) is 0 Å². The number of hydrogen-bond acceptors (Lipinski definition) is 2. The second-order valence-electron chi connectivity index (χ2n) is 2.65. The van der Waals surface area contributed by atoms with E-state index in [-0.39, 0.29) is 12.0 Å². The van der Waals surface area contributed by atoms with Gasteiger partial charge in [-0.05, 0) is 12.1 Å². The minimum atomic E-state index is -0.812. The minimum absolute atomic E-state index is 0.0370. The molecule has 0 aliphatic carbocycles. The van der Waals surface area contributed by atoms with Crippen LogP contribution in [-0.4, -0.2) is 13.4 Å². The summed E-state index contributed by atoms with van der Waals surface area (Å²) in [6.45, 7) is 0. The molecule has 0 radical (unpaired) electrons. The van der Waals surface area contributed by atoms with Crippen LogP contribution in [0.5, 0.6) is 5.75 Å². The van der Waals surface area contributed by atoms with Gasteiger partial charge in [0.2, 0.25) is 0 Å². The van der Waals surface area contributed by atoms with Crippen LogP contribution in [0.2, 0.25) is 0 Å². The van der Waals surface area contributed by atoms with Gasteiger partial charge in [-0.25, -0.2) is 8.78 Å². The van der Waals surface area contributed by atoms with Crippen molar-refractivity contribution in [2.45, 2.75) is 6.42 Å². The van der Waals surface area contributed by atoms with Crippen molar-refractivity contribution in [1.82, 2.24) is 0 Å². The first-order valence-electron chi connectivity index (χ1n) is 4.14. The highest BCUT2D eigenvalue weighted by Gasteiger charge is 2.10. The van der Waals surface area contributed by atoms with E-state index in [0.717, 1.165) is 12.1 Å². The van der Waals surface area contributed by atoms with Gasteiger partial charge in [-0.2, -0.15) is 0 Å². The Hall–Kier alpha value is -1.89. The zero-order valence-corrected chi connectivity index (χ0v) is 8.01. The molecule has 15 heavy (non-hydrogen) atoms. The standard InChI is InChI=1S/C11H8F2O2/c1-15-11-9(12)6-8(7-10(11)13)4-2-3-5-14/h5-7H,3H2,1H3. The van der Waals surface area contributed by atoms with E-state index in [0.29, 0.717) is 6.29 Å². The number of aldehydes is 1. The molecule has 1 rings (SSSR count). The van der Waals surface area contributed by atoms with Crippen LogP contribution >= 0.6 is 0 Å². The molecule has 0 aliphatic heterocycles. The van der Waals surface area contributed by atoms with E-state index in [9.17, 15) is 13.6 Å². The Labute approximate surface area is 85.9 Å². The quantitative estimate of drug-likeness (QED) is 0.550. The lowest BCUT2D eigenvalue weighted by Crippen LogP contribution is -1.93. The zero-order valence-electron chi connectivity index (χ0n) is 8.01. The van der Waals surface area contributed by atoms with Crippen molar-refractivity contribution >= 4 is 6.29 Å². The summed E-state index contributed by atoms with van der Waals surface area (Å²) in [6.07, 6.45) is 0.651. The molecule has 0 aromatic heterocycles. The van der Waals surface area contributed by atoms with Crippen LogP contribution < -0.4 is 4.74 Å². The van der Waals surface area contributed by atoms with Crippen LogP contribution in [0.3, 0.4) is 0 Å². The maximum absolute atomic E-state index is 13.1. The summed E-state index contributed by atoms with van der Waals surface area (Å²) in [6, 6.07) is 2.11. The SMILES string of the molecule is COc1c(F)cc(C#CCC=O)cc1F. The number of halogens is 2. The van der Waals surface area contributed by atoms with E-state index in [4.69, 9.17) is 0 Å². The Bertz CT molecular complexity index is 407. The normalized spacial score (nSPS) is 9.00. The molecule has 0 N–H and O–H groups in total. The summed E-state index contributed by atoms with van der Waals surface area (Å²) in [7, 11) is 1.18. The predicted octanol–water partition coefficient (Wildman–Crippen LogP) is 1.91. The Morgan fingerprint density at radius 3 is 2.47 bits per heavy atom. The maximum atomic E-state index is 13.1. The molecule has 0 saturated carbocycles. The number of benzene rings is 1. The molecular formula is C11H8F2O2. The van der Waals surface area contributed by atoms with E-state index in [1.54, 1.807) is 0 Å². The number of carbonyl (C=O) groups excluding carboxylic acids is 1. The molecule has 0 bridgehead atoms. The largest absolute Gasteiger partial charge is 0.491 e. The van der Waals surface area contributed by atoms with Gasteiger partial charge in [0.15, 0.2) is 17.4 Å². The van der Waals surface area contributed by atoms with Gasteiger partial charge in [-0.15, -0.1) is 0 Å². The summed E-state index contributed by atoms with van der Waals surface area (Å²) in [5.74, 6) is 2.85. The van der Waals surface area contributed by atoms with Crippen LogP contribution in [0, 0.1) is 23.5 Å². The van der Waals surface area contributed by atoms with Gasteiger partial charge in [-0.1, -0.05) is 11.8 Å². The van der Waals surface area contributed by atoms with Gasteiger partial charge in [-0.3, -0.25) is 0 Å². The lowest BCUT2D eigenvalue weighted by Gasteiger charge is -2.02. The van der Waals surface area contributed by atoms with Crippen LogP contribution in [-0.2, 0) is 4.79 Å². The summed E-state index contributed by atoms with van der Waals surface area (Å²) in [4.78, 5) is 9.96. The highest BCUT2D eigenvalue weighted by Crippen LogP contribution is 2.22. The zero-order chi connectivity index (χ0) is 11.3. The average molecular weight is 210 g/mol. The molecule has 0 fully saturated rings. The molecule has 0 aliphatic rings. The van der Waals surface area contributed by atoms with Crippen molar-refractivity contribution in [2.24, 2.45) is 0 Å². The Morgan fingerprint density at radius 2 is 2.00 bits per heavy atom. The molecule has 1 aromatic rings. The van der Waals surface area contributed by atoms with Crippen molar-refractivity contribution < 1.29 is 18.3 Å². The molecule has 0 saturated heterocycles. The van der Waals surface area contributed by atoms with Gasteiger partial charge in [0.1, 0.15) is 6.29 Å². The first-order chi connectivity index (χ1) is 7.19. The van der Waals surface area contributed by atoms with Gasteiger partial charge in [0.05, 0.1) is 13.5 Å². The Balaban J connectivity index is 3.05. The summed E-state index contributed by atoms with van der Waals surface area (Å²) in [5, 5.41) is 0. The first-order valence-corrected chi connectivity index (χ1v) is 4.14. The minimum Gasteiger partial charge on any atom is -0.491 e. The van der Waals surface area contributed by atoms with E-state index < -0.39 is 17.4 Å². The monoisotopic (exact) mass is 210 g/mol. The molecule has 0 atom stereocenters. The van der Waals surface area contributed by atoms with Gasteiger partial charge < -0.3 is 9.53 Å². The summed E-state index contributed by atoms with van der Waals surface area (Å²) < 4.78 is 30.7. The smallest absolute Gasteiger partial charge is 0.190 e. The van der Waals surface area contributed by atoms with E-state index >= 15 is 0 Å². The molecular weight excluding hydrogens is 202 g/mol. The molecule has 4 heteroatoms. The summed E-state index contributed by atoms with van der Waals surface area (Å²) >= 11 is 0. The van der Waals surface area contributed by atoms with Crippen molar-refractivity contribution in [2.75, 3.05) is 7.11 Å².